The van der Waals surface area contributed by atoms with Gasteiger partial charge in [-0.2, -0.15) is 0 Å². The van der Waals surface area contributed by atoms with Gasteiger partial charge in [0.2, 0.25) is 0 Å². The van der Waals surface area contributed by atoms with E-state index >= 15 is 0 Å². The fraction of sp³-hybridized carbons (Fsp3) is 0.417. The van der Waals surface area contributed by atoms with E-state index in [9.17, 15) is 9.90 Å². The third kappa shape index (κ3) is 4.35. The molecule has 2 atom stereocenters. The zero-order chi connectivity index (χ0) is 12.0. The van der Waals surface area contributed by atoms with Crippen LogP contribution in [0.25, 0.3) is 0 Å². The van der Waals surface area contributed by atoms with E-state index in [4.69, 9.17) is 4.74 Å². The van der Waals surface area contributed by atoms with E-state index in [-0.39, 0.29) is 11.7 Å². The van der Waals surface area contributed by atoms with Gasteiger partial charge in [0, 0.05) is 0 Å². The van der Waals surface area contributed by atoms with E-state index in [0.717, 1.165) is 5.56 Å². The molecule has 0 fully saturated rings. The third-order valence-electron chi connectivity index (χ3n) is 2.37. The molecule has 0 aliphatic carbocycles. The Bertz CT molecular complexity index is 326. The molecule has 1 aromatic rings. The average molecular weight is 240 g/mol. The van der Waals surface area contributed by atoms with Gasteiger partial charge in [-0.15, -0.1) is 12.6 Å². The van der Waals surface area contributed by atoms with Crippen molar-refractivity contribution in [3.63, 3.8) is 0 Å². The molecule has 0 heterocycles. The number of carbonyl (C=O) groups excluding carboxylic acids is 1. The van der Waals surface area contributed by atoms with Gasteiger partial charge in [-0.3, -0.25) is 4.79 Å². The third-order valence-corrected chi connectivity index (χ3v) is 2.77. The Morgan fingerprint density at radius 2 is 2.06 bits per heavy atom. The van der Waals surface area contributed by atoms with Crippen molar-refractivity contribution < 1.29 is 14.6 Å². The molecule has 0 aliphatic heterocycles. The van der Waals surface area contributed by atoms with Gasteiger partial charge < -0.3 is 9.84 Å². The largest absolute Gasteiger partial charge is 0.390 e. The van der Waals surface area contributed by atoms with Crippen molar-refractivity contribution in [1.82, 2.24) is 0 Å². The molecule has 0 saturated heterocycles. The van der Waals surface area contributed by atoms with Crippen molar-refractivity contribution in [2.75, 3.05) is 6.61 Å². The average Bonchev–Trinajstić information content (AvgIpc) is 2.29. The van der Waals surface area contributed by atoms with Crippen molar-refractivity contribution in [3.8, 4) is 0 Å². The van der Waals surface area contributed by atoms with Gasteiger partial charge >= 0.3 is 0 Å². The lowest BCUT2D eigenvalue weighted by Gasteiger charge is -2.15. The first-order chi connectivity index (χ1) is 7.61. The van der Waals surface area contributed by atoms with Crippen LogP contribution in [0.2, 0.25) is 0 Å². The van der Waals surface area contributed by atoms with E-state index in [1.165, 1.54) is 0 Å². The van der Waals surface area contributed by atoms with E-state index in [1.54, 1.807) is 6.92 Å². The summed E-state index contributed by atoms with van der Waals surface area (Å²) in [6.07, 6.45) is -0.797. The molecule has 1 aromatic carbocycles. The number of aliphatic hydroxyl groups is 1. The minimum Gasteiger partial charge on any atom is -0.390 e. The summed E-state index contributed by atoms with van der Waals surface area (Å²) >= 11 is 3.67. The number of ether oxygens (including phenoxy) is 1. The zero-order valence-electron chi connectivity index (χ0n) is 9.17. The standard InChI is InChI=1S/C12H16O3S/c1-9(12(14)16)11(13)8-15-7-10-5-3-2-4-6-10/h2-6,9,11,13H,7-8H2,1H3,(H,14,16). The lowest BCUT2D eigenvalue weighted by Crippen LogP contribution is -2.27. The molecule has 16 heavy (non-hydrogen) atoms. The molecule has 1 N–H and O–H groups in total. The quantitative estimate of drug-likeness (QED) is 0.743. The molecule has 0 spiro atoms. The van der Waals surface area contributed by atoms with Crippen molar-refractivity contribution in [3.05, 3.63) is 35.9 Å². The van der Waals surface area contributed by atoms with Crippen molar-refractivity contribution in [1.29, 1.82) is 0 Å². The number of hydrogen-bond acceptors (Lipinski definition) is 3. The summed E-state index contributed by atoms with van der Waals surface area (Å²) in [5.74, 6) is -0.501. The van der Waals surface area contributed by atoms with Crippen LogP contribution in [0.1, 0.15) is 12.5 Å². The van der Waals surface area contributed by atoms with Crippen LogP contribution in [0.3, 0.4) is 0 Å². The summed E-state index contributed by atoms with van der Waals surface area (Å²) in [4.78, 5) is 10.9. The Hall–Kier alpha value is -0.840. The van der Waals surface area contributed by atoms with Crippen LogP contribution in [0.15, 0.2) is 30.3 Å². The Balaban J connectivity index is 2.28. The molecule has 0 amide bonds. The van der Waals surface area contributed by atoms with Crippen LogP contribution >= 0.6 is 12.6 Å². The highest BCUT2D eigenvalue weighted by atomic mass is 32.1. The van der Waals surface area contributed by atoms with Crippen LogP contribution in [-0.4, -0.2) is 22.9 Å². The molecular formula is C12H16O3S. The lowest BCUT2D eigenvalue weighted by atomic mass is 10.1. The van der Waals surface area contributed by atoms with E-state index < -0.39 is 12.0 Å². The molecule has 0 radical (unpaired) electrons. The Labute approximate surface area is 101 Å². The highest BCUT2D eigenvalue weighted by Crippen LogP contribution is 2.08. The number of rotatable bonds is 6. The summed E-state index contributed by atoms with van der Waals surface area (Å²) in [5, 5.41) is 9.25. The van der Waals surface area contributed by atoms with Crippen LogP contribution in [0.5, 0.6) is 0 Å². The fourth-order valence-corrected chi connectivity index (χ4v) is 1.35. The minimum atomic E-state index is -0.797. The second kappa shape index (κ2) is 6.68. The van der Waals surface area contributed by atoms with Crippen molar-refractivity contribution in [2.45, 2.75) is 19.6 Å². The van der Waals surface area contributed by atoms with Gasteiger partial charge in [0.15, 0.2) is 5.12 Å². The van der Waals surface area contributed by atoms with Gasteiger partial charge in [-0.05, 0) is 5.56 Å². The summed E-state index contributed by atoms with van der Waals surface area (Å²) in [6, 6.07) is 9.67. The Morgan fingerprint density at radius 1 is 1.44 bits per heavy atom. The normalized spacial score (nSPS) is 14.4. The summed E-state index contributed by atoms with van der Waals surface area (Å²) in [6.45, 7) is 2.21. The first kappa shape index (κ1) is 13.2. The van der Waals surface area contributed by atoms with Crippen LogP contribution in [0.4, 0.5) is 0 Å². The SMILES string of the molecule is CC(C(=O)S)C(O)COCc1ccccc1. The second-order valence-electron chi connectivity index (χ2n) is 3.69. The van der Waals surface area contributed by atoms with E-state index in [1.807, 2.05) is 30.3 Å². The maximum atomic E-state index is 10.9. The van der Waals surface area contributed by atoms with Gasteiger partial charge in [0.05, 0.1) is 25.2 Å². The maximum absolute atomic E-state index is 10.9. The molecule has 88 valence electrons. The monoisotopic (exact) mass is 240 g/mol. The molecule has 4 heteroatoms. The van der Waals surface area contributed by atoms with Gasteiger partial charge in [-0.25, -0.2) is 0 Å². The summed E-state index contributed by atoms with van der Waals surface area (Å²) in [7, 11) is 0. The first-order valence-corrected chi connectivity index (χ1v) is 5.58. The van der Waals surface area contributed by atoms with Crippen molar-refractivity contribution >= 4 is 17.7 Å². The maximum Gasteiger partial charge on any atom is 0.191 e. The highest BCUT2D eigenvalue weighted by Gasteiger charge is 2.19. The molecule has 0 aromatic heterocycles. The Kier molecular flexibility index (Phi) is 5.52. The minimum absolute atomic E-state index is 0.141. The Morgan fingerprint density at radius 3 is 2.62 bits per heavy atom. The molecule has 1 rings (SSSR count). The smallest absolute Gasteiger partial charge is 0.191 e. The molecular weight excluding hydrogens is 224 g/mol. The molecule has 0 saturated carbocycles. The van der Waals surface area contributed by atoms with Crippen LogP contribution < -0.4 is 0 Å². The lowest BCUT2D eigenvalue weighted by molar-refractivity contribution is -0.118. The molecule has 2 unspecified atom stereocenters. The predicted molar refractivity (Wildman–Crippen MR) is 65.3 cm³/mol. The van der Waals surface area contributed by atoms with Gasteiger partial charge in [0.1, 0.15) is 0 Å². The highest BCUT2D eigenvalue weighted by molar-refractivity contribution is 7.96. The summed E-state index contributed by atoms with van der Waals surface area (Å²) < 4.78 is 5.32. The fourth-order valence-electron chi connectivity index (χ4n) is 1.18. The number of aliphatic hydroxyl groups excluding tert-OH is 1. The van der Waals surface area contributed by atoms with E-state index in [0.29, 0.717) is 6.61 Å². The second-order valence-corrected chi connectivity index (χ2v) is 4.14. The van der Waals surface area contributed by atoms with Crippen LogP contribution in [0, 0.1) is 5.92 Å². The number of benzene rings is 1. The number of thiol groups is 1. The molecule has 0 aliphatic rings. The van der Waals surface area contributed by atoms with Gasteiger partial charge in [-0.1, -0.05) is 37.3 Å². The van der Waals surface area contributed by atoms with Crippen LogP contribution in [-0.2, 0) is 16.1 Å². The van der Waals surface area contributed by atoms with Crippen molar-refractivity contribution in [2.24, 2.45) is 5.92 Å². The molecule has 3 nitrogen and oxygen atoms in total. The van der Waals surface area contributed by atoms with E-state index in [2.05, 4.69) is 12.6 Å². The zero-order valence-corrected chi connectivity index (χ0v) is 10.1. The summed E-state index contributed by atoms with van der Waals surface area (Å²) in [5.41, 5.74) is 1.04. The predicted octanol–water partition coefficient (Wildman–Crippen LogP) is 1.66. The number of hydrogen-bond donors (Lipinski definition) is 2. The first-order valence-electron chi connectivity index (χ1n) is 5.14. The number of carbonyl (C=O) groups is 1. The van der Waals surface area contributed by atoms with Gasteiger partial charge in [0.25, 0.3) is 0 Å². The molecule has 0 bridgehead atoms. The topological polar surface area (TPSA) is 46.5 Å².